The minimum Gasteiger partial charge on any atom is -0.462 e. The number of carbonyl (C=O) groups is 1. The lowest BCUT2D eigenvalue weighted by molar-refractivity contribution is 0.0526. The van der Waals surface area contributed by atoms with Crippen molar-refractivity contribution in [1.29, 1.82) is 0 Å². The Morgan fingerprint density at radius 2 is 1.86 bits per heavy atom. The number of nitrogens with zero attached hydrogens (tertiary/aromatic N) is 1. The van der Waals surface area contributed by atoms with Crippen molar-refractivity contribution in [3.63, 3.8) is 0 Å². The van der Waals surface area contributed by atoms with Crippen LogP contribution in [0.1, 0.15) is 41.3 Å². The molecule has 3 nitrogen and oxygen atoms in total. The van der Waals surface area contributed by atoms with Crippen molar-refractivity contribution in [2.75, 3.05) is 6.61 Å². The Labute approximate surface area is 130 Å². The number of aliphatic imine (C=N–C) groups is 1. The molecule has 2 aromatic rings. The van der Waals surface area contributed by atoms with E-state index in [1.54, 1.807) is 19.1 Å². The van der Waals surface area contributed by atoms with E-state index in [0.29, 0.717) is 12.2 Å². The maximum Gasteiger partial charge on any atom is 0.338 e. The molecule has 0 aromatic heterocycles. The van der Waals surface area contributed by atoms with Crippen molar-refractivity contribution in [2.24, 2.45) is 4.99 Å². The first-order valence-corrected chi connectivity index (χ1v) is 7.71. The summed E-state index contributed by atoms with van der Waals surface area (Å²) < 4.78 is 4.99. The highest BCUT2D eigenvalue weighted by Crippen LogP contribution is 2.24. The van der Waals surface area contributed by atoms with Crippen LogP contribution in [0.25, 0.3) is 0 Å². The van der Waals surface area contributed by atoms with Crippen LogP contribution in [-0.2, 0) is 11.2 Å². The first-order chi connectivity index (χ1) is 10.8. The molecule has 3 heteroatoms. The number of rotatable bonds is 3. The monoisotopic (exact) mass is 293 g/mol. The maximum absolute atomic E-state index is 11.7. The minimum atomic E-state index is -0.287. The highest BCUT2D eigenvalue weighted by atomic mass is 16.5. The lowest BCUT2D eigenvalue weighted by atomic mass is 9.90. The Kier molecular flexibility index (Phi) is 4.33. The number of aryl methyl sites for hydroxylation is 1. The predicted molar refractivity (Wildman–Crippen MR) is 88.0 cm³/mol. The normalized spacial score (nSPS) is 15.4. The summed E-state index contributed by atoms with van der Waals surface area (Å²) in [5.41, 5.74) is 5.19. The molecule has 2 aromatic carbocycles. The number of benzene rings is 2. The Bertz CT molecular complexity index is 702. The first kappa shape index (κ1) is 14.5. The SMILES string of the molecule is CCOC(=O)c1ccc(N=C2CCCc3ccccc32)cc1. The quantitative estimate of drug-likeness (QED) is 0.790. The van der Waals surface area contributed by atoms with Gasteiger partial charge in [0.25, 0.3) is 0 Å². The zero-order valence-corrected chi connectivity index (χ0v) is 12.7. The van der Waals surface area contributed by atoms with Crippen molar-refractivity contribution in [3.8, 4) is 0 Å². The Morgan fingerprint density at radius 1 is 1.09 bits per heavy atom. The van der Waals surface area contributed by atoms with Gasteiger partial charge in [0.05, 0.1) is 17.9 Å². The van der Waals surface area contributed by atoms with Crippen LogP contribution in [0.3, 0.4) is 0 Å². The van der Waals surface area contributed by atoms with E-state index in [1.807, 2.05) is 12.1 Å². The average molecular weight is 293 g/mol. The largest absolute Gasteiger partial charge is 0.462 e. The number of esters is 1. The number of ether oxygens (including phenoxy) is 1. The van der Waals surface area contributed by atoms with E-state index >= 15 is 0 Å². The van der Waals surface area contributed by atoms with E-state index in [1.165, 1.54) is 11.1 Å². The molecule has 22 heavy (non-hydrogen) atoms. The zero-order valence-electron chi connectivity index (χ0n) is 12.7. The summed E-state index contributed by atoms with van der Waals surface area (Å²) >= 11 is 0. The first-order valence-electron chi connectivity index (χ1n) is 7.71. The molecule has 0 N–H and O–H groups in total. The van der Waals surface area contributed by atoms with Gasteiger partial charge in [0.2, 0.25) is 0 Å². The molecule has 3 rings (SSSR count). The van der Waals surface area contributed by atoms with Crippen molar-refractivity contribution in [3.05, 3.63) is 65.2 Å². The third-order valence-corrected chi connectivity index (χ3v) is 3.83. The van der Waals surface area contributed by atoms with Crippen LogP contribution in [0.4, 0.5) is 5.69 Å². The van der Waals surface area contributed by atoms with E-state index in [-0.39, 0.29) is 5.97 Å². The Hall–Kier alpha value is -2.42. The van der Waals surface area contributed by atoms with Gasteiger partial charge in [0.15, 0.2) is 0 Å². The Morgan fingerprint density at radius 3 is 2.64 bits per heavy atom. The van der Waals surface area contributed by atoms with Crippen LogP contribution in [0.2, 0.25) is 0 Å². The summed E-state index contributed by atoms with van der Waals surface area (Å²) in [4.78, 5) is 16.4. The molecule has 0 fully saturated rings. The van der Waals surface area contributed by atoms with Gasteiger partial charge in [-0.05, 0) is 61.6 Å². The molecule has 0 heterocycles. The molecule has 112 valence electrons. The molecule has 0 saturated carbocycles. The molecule has 0 unspecified atom stereocenters. The Balaban J connectivity index is 1.86. The fourth-order valence-electron chi connectivity index (χ4n) is 2.76. The standard InChI is InChI=1S/C19H19NO2/c1-2-22-19(21)15-10-12-16(13-11-15)20-18-9-5-7-14-6-3-4-8-17(14)18/h3-4,6,8,10-13H,2,5,7,9H2,1H3. The molecule has 0 saturated heterocycles. The topological polar surface area (TPSA) is 38.7 Å². The fraction of sp³-hybridized carbons (Fsp3) is 0.263. The number of hydrogen-bond acceptors (Lipinski definition) is 3. The fourth-order valence-corrected chi connectivity index (χ4v) is 2.76. The number of carbonyl (C=O) groups excluding carboxylic acids is 1. The van der Waals surface area contributed by atoms with E-state index < -0.39 is 0 Å². The van der Waals surface area contributed by atoms with Crippen LogP contribution in [0.15, 0.2) is 53.5 Å². The summed E-state index contributed by atoms with van der Waals surface area (Å²) in [6, 6.07) is 15.7. The van der Waals surface area contributed by atoms with Crippen LogP contribution in [0, 0.1) is 0 Å². The summed E-state index contributed by atoms with van der Waals surface area (Å²) in [7, 11) is 0. The second-order valence-electron chi connectivity index (χ2n) is 5.34. The third-order valence-electron chi connectivity index (χ3n) is 3.83. The van der Waals surface area contributed by atoms with Gasteiger partial charge in [0.1, 0.15) is 0 Å². The third kappa shape index (κ3) is 3.08. The molecule has 1 aliphatic carbocycles. The smallest absolute Gasteiger partial charge is 0.338 e. The van der Waals surface area contributed by atoms with Crippen LogP contribution < -0.4 is 0 Å². The van der Waals surface area contributed by atoms with E-state index in [9.17, 15) is 4.79 Å². The maximum atomic E-state index is 11.7. The minimum absolute atomic E-state index is 0.287. The summed E-state index contributed by atoms with van der Waals surface area (Å²) in [6.45, 7) is 2.19. The second-order valence-corrected chi connectivity index (χ2v) is 5.34. The van der Waals surface area contributed by atoms with Crippen LogP contribution >= 0.6 is 0 Å². The van der Waals surface area contributed by atoms with Gasteiger partial charge in [-0.2, -0.15) is 0 Å². The van der Waals surface area contributed by atoms with Crippen molar-refractivity contribution in [1.82, 2.24) is 0 Å². The second kappa shape index (κ2) is 6.56. The van der Waals surface area contributed by atoms with Gasteiger partial charge >= 0.3 is 5.97 Å². The lowest BCUT2D eigenvalue weighted by Gasteiger charge is -2.17. The predicted octanol–water partition coefficient (Wildman–Crippen LogP) is 4.32. The average Bonchev–Trinajstić information content (AvgIpc) is 2.56. The number of fused-ring (bicyclic) bond motifs is 1. The molecule has 0 aliphatic heterocycles. The molecule has 0 spiro atoms. The van der Waals surface area contributed by atoms with Crippen molar-refractivity contribution in [2.45, 2.75) is 26.2 Å². The highest BCUT2D eigenvalue weighted by molar-refractivity contribution is 6.04. The molecule has 1 aliphatic rings. The van der Waals surface area contributed by atoms with Gasteiger partial charge in [-0.3, -0.25) is 4.99 Å². The molecule has 0 atom stereocenters. The molecule has 0 bridgehead atoms. The van der Waals surface area contributed by atoms with Gasteiger partial charge in [0, 0.05) is 5.71 Å². The van der Waals surface area contributed by atoms with Crippen molar-refractivity contribution < 1.29 is 9.53 Å². The number of hydrogen-bond donors (Lipinski definition) is 0. The van der Waals surface area contributed by atoms with E-state index in [0.717, 1.165) is 30.7 Å². The van der Waals surface area contributed by atoms with Gasteiger partial charge in [-0.25, -0.2) is 4.79 Å². The summed E-state index contributed by atoms with van der Waals surface area (Å²) in [6.07, 6.45) is 3.25. The van der Waals surface area contributed by atoms with Crippen LogP contribution in [0.5, 0.6) is 0 Å². The van der Waals surface area contributed by atoms with E-state index in [4.69, 9.17) is 9.73 Å². The molecule has 0 amide bonds. The lowest BCUT2D eigenvalue weighted by Crippen LogP contribution is -2.11. The van der Waals surface area contributed by atoms with E-state index in [2.05, 4.69) is 24.3 Å². The molecule has 0 radical (unpaired) electrons. The van der Waals surface area contributed by atoms with Crippen molar-refractivity contribution >= 4 is 17.4 Å². The summed E-state index contributed by atoms with van der Waals surface area (Å²) in [5, 5.41) is 0. The van der Waals surface area contributed by atoms with Gasteiger partial charge < -0.3 is 4.74 Å². The molecular formula is C19H19NO2. The highest BCUT2D eigenvalue weighted by Gasteiger charge is 2.14. The molecular weight excluding hydrogens is 274 g/mol. The zero-order chi connectivity index (χ0) is 15.4. The van der Waals surface area contributed by atoms with Gasteiger partial charge in [-0.1, -0.05) is 24.3 Å². The summed E-state index contributed by atoms with van der Waals surface area (Å²) in [5.74, 6) is -0.287. The van der Waals surface area contributed by atoms with Crippen LogP contribution in [-0.4, -0.2) is 18.3 Å². The van der Waals surface area contributed by atoms with Gasteiger partial charge in [-0.15, -0.1) is 0 Å².